The quantitative estimate of drug-likeness (QED) is 0.431. The highest BCUT2D eigenvalue weighted by atomic mass is 16.5. The van der Waals surface area contributed by atoms with E-state index >= 15 is 0 Å². The topological polar surface area (TPSA) is 26.3 Å². The summed E-state index contributed by atoms with van der Waals surface area (Å²) in [6.45, 7) is 12.5. The Bertz CT molecular complexity index is 492. The number of esters is 1. The normalized spacial score (nSPS) is 27.9. The van der Waals surface area contributed by atoms with Crippen molar-refractivity contribution in [3.8, 4) is 0 Å². The molecule has 2 nitrogen and oxygen atoms in total. The molecular weight excluding hydrogens is 296 g/mol. The Morgan fingerprint density at radius 3 is 2.58 bits per heavy atom. The van der Waals surface area contributed by atoms with Crippen molar-refractivity contribution in [1.82, 2.24) is 0 Å². The largest absolute Gasteiger partial charge is 0.458 e. The van der Waals surface area contributed by atoms with Gasteiger partial charge in [-0.15, -0.1) is 0 Å². The molecule has 1 aliphatic rings. The first kappa shape index (κ1) is 20.7. The third-order valence-electron chi connectivity index (χ3n) is 4.98. The van der Waals surface area contributed by atoms with Gasteiger partial charge in [0.2, 0.25) is 0 Å². The smallest absolute Gasteiger partial charge is 0.303 e. The van der Waals surface area contributed by atoms with Gasteiger partial charge in [-0.3, -0.25) is 4.79 Å². The Balaban J connectivity index is 2.96. The predicted molar refractivity (Wildman–Crippen MR) is 103 cm³/mol. The van der Waals surface area contributed by atoms with Crippen LogP contribution in [0, 0.1) is 11.8 Å². The molecule has 0 fully saturated rings. The molecule has 0 aliphatic heterocycles. The van der Waals surface area contributed by atoms with Crippen molar-refractivity contribution < 1.29 is 9.53 Å². The van der Waals surface area contributed by atoms with Crippen LogP contribution in [0.15, 0.2) is 34.9 Å². The molecule has 0 aromatic rings. The Kier molecular flexibility index (Phi) is 9.10. The van der Waals surface area contributed by atoms with Gasteiger partial charge in [-0.25, -0.2) is 0 Å². The van der Waals surface area contributed by atoms with E-state index in [1.807, 2.05) is 0 Å². The van der Waals surface area contributed by atoms with E-state index in [4.69, 9.17) is 4.74 Å². The molecule has 0 radical (unpaired) electrons. The second-order valence-electron chi connectivity index (χ2n) is 7.71. The first-order valence-electron chi connectivity index (χ1n) is 9.43. The summed E-state index contributed by atoms with van der Waals surface area (Å²) in [5.41, 5.74) is 4.17. The summed E-state index contributed by atoms with van der Waals surface area (Å²) in [4.78, 5) is 11.6. The molecule has 0 aromatic carbocycles. The Morgan fingerprint density at radius 2 is 1.96 bits per heavy atom. The summed E-state index contributed by atoms with van der Waals surface area (Å²) >= 11 is 0. The Morgan fingerprint density at radius 1 is 1.25 bits per heavy atom. The van der Waals surface area contributed by atoms with E-state index in [-0.39, 0.29) is 12.1 Å². The molecule has 0 amide bonds. The van der Waals surface area contributed by atoms with Crippen LogP contribution in [-0.2, 0) is 9.53 Å². The average Bonchev–Trinajstić information content (AvgIpc) is 2.45. The second kappa shape index (κ2) is 10.5. The monoisotopic (exact) mass is 332 g/mol. The molecule has 0 saturated heterocycles. The van der Waals surface area contributed by atoms with Crippen LogP contribution in [0.2, 0.25) is 0 Å². The first-order chi connectivity index (χ1) is 11.3. The molecule has 3 atom stereocenters. The lowest BCUT2D eigenvalue weighted by Gasteiger charge is -2.31. The summed E-state index contributed by atoms with van der Waals surface area (Å²) in [5.74, 6) is 0.743. The predicted octanol–water partition coefficient (Wildman–Crippen LogP) is 6.38. The highest BCUT2D eigenvalue weighted by Gasteiger charge is 2.27. The molecule has 1 rings (SSSR count). The van der Waals surface area contributed by atoms with Crippen molar-refractivity contribution in [2.24, 2.45) is 11.8 Å². The summed E-state index contributed by atoms with van der Waals surface area (Å²) in [7, 11) is 0. The summed E-state index contributed by atoms with van der Waals surface area (Å²) in [6, 6.07) is 0. The van der Waals surface area contributed by atoms with Crippen LogP contribution in [0.25, 0.3) is 0 Å². The third kappa shape index (κ3) is 7.99. The standard InChI is InChI=1S/C22H36O2/c1-16(2)9-7-12-19(5)21-14-13-17(3)10-8-11-18(4)15-22(21)24-20(6)23/h9-10,15,19,21-22H,7-8,11-14H2,1-6H3/b17-10+,18-15+/t19-,21+,22+/m1/s1. The van der Waals surface area contributed by atoms with Crippen LogP contribution in [-0.4, -0.2) is 12.1 Å². The van der Waals surface area contributed by atoms with E-state index < -0.39 is 0 Å². The first-order valence-corrected chi connectivity index (χ1v) is 9.43. The number of ether oxygens (including phenoxy) is 1. The van der Waals surface area contributed by atoms with Crippen molar-refractivity contribution >= 4 is 5.97 Å². The zero-order valence-corrected chi connectivity index (χ0v) is 16.5. The highest BCUT2D eigenvalue weighted by Crippen LogP contribution is 2.31. The van der Waals surface area contributed by atoms with Crippen molar-refractivity contribution in [3.63, 3.8) is 0 Å². The fraction of sp³-hybridized carbons (Fsp3) is 0.682. The number of carbonyl (C=O) groups excluding carboxylic acids is 1. The molecule has 0 unspecified atom stereocenters. The Labute approximate surface area is 149 Å². The number of rotatable bonds is 5. The van der Waals surface area contributed by atoms with Gasteiger partial charge in [0.15, 0.2) is 0 Å². The minimum Gasteiger partial charge on any atom is -0.458 e. The fourth-order valence-electron chi connectivity index (χ4n) is 3.46. The van der Waals surface area contributed by atoms with Gasteiger partial charge in [0.1, 0.15) is 6.10 Å². The number of hydrogen-bond donors (Lipinski definition) is 0. The van der Waals surface area contributed by atoms with Gasteiger partial charge in [0, 0.05) is 12.8 Å². The molecule has 1 aliphatic carbocycles. The average molecular weight is 333 g/mol. The van der Waals surface area contributed by atoms with Crippen LogP contribution in [0.3, 0.4) is 0 Å². The van der Waals surface area contributed by atoms with Gasteiger partial charge < -0.3 is 4.74 Å². The second-order valence-corrected chi connectivity index (χ2v) is 7.71. The van der Waals surface area contributed by atoms with E-state index in [2.05, 4.69) is 52.8 Å². The lowest BCUT2D eigenvalue weighted by molar-refractivity contribution is -0.147. The van der Waals surface area contributed by atoms with Crippen LogP contribution in [0.1, 0.15) is 80.1 Å². The maximum Gasteiger partial charge on any atom is 0.303 e. The summed E-state index contributed by atoms with van der Waals surface area (Å²) in [6.07, 6.45) is 13.4. The van der Waals surface area contributed by atoms with Gasteiger partial charge in [0.05, 0.1) is 0 Å². The minimum absolute atomic E-state index is 0.0879. The molecule has 0 saturated carbocycles. The summed E-state index contributed by atoms with van der Waals surface area (Å²) in [5, 5.41) is 0. The lowest BCUT2D eigenvalue weighted by atomic mass is 9.80. The molecule has 0 bridgehead atoms. The number of allylic oxidation sites excluding steroid dienone is 5. The van der Waals surface area contributed by atoms with E-state index in [1.165, 1.54) is 23.6 Å². The van der Waals surface area contributed by atoms with Crippen molar-refractivity contribution in [2.75, 3.05) is 0 Å². The van der Waals surface area contributed by atoms with Gasteiger partial charge >= 0.3 is 5.97 Å². The van der Waals surface area contributed by atoms with Crippen molar-refractivity contribution in [3.05, 3.63) is 34.9 Å². The lowest BCUT2D eigenvalue weighted by Crippen LogP contribution is -2.30. The third-order valence-corrected chi connectivity index (χ3v) is 4.98. The molecule has 0 heterocycles. The molecule has 0 spiro atoms. The highest BCUT2D eigenvalue weighted by molar-refractivity contribution is 5.66. The molecular formula is C22H36O2. The zero-order valence-electron chi connectivity index (χ0n) is 16.5. The van der Waals surface area contributed by atoms with E-state index in [1.54, 1.807) is 0 Å². The van der Waals surface area contributed by atoms with Crippen LogP contribution in [0.4, 0.5) is 0 Å². The van der Waals surface area contributed by atoms with Gasteiger partial charge in [-0.1, -0.05) is 35.8 Å². The number of carbonyl (C=O) groups is 1. The zero-order chi connectivity index (χ0) is 18.1. The molecule has 0 aromatic heterocycles. The van der Waals surface area contributed by atoms with Gasteiger partial charge in [0.25, 0.3) is 0 Å². The van der Waals surface area contributed by atoms with Gasteiger partial charge in [-0.05, 0) is 78.2 Å². The molecule has 2 heteroatoms. The minimum atomic E-state index is -0.171. The maximum atomic E-state index is 11.6. The van der Waals surface area contributed by atoms with Crippen molar-refractivity contribution in [1.29, 1.82) is 0 Å². The number of hydrogen-bond acceptors (Lipinski definition) is 2. The molecule has 0 N–H and O–H groups in total. The van der Waals surface area contributed by atoms with E-state index in [9.17, 15) is 4.79 Å². The van der Waals surface area contributed by atoms with Gasteiger partial charge in [-0.2, -0.15) is 0 Å². The fourth-order valence-corrected chi connectivity index (χ4v) is 3.46. The van der Waals surface area contributed by atoms with E-state index in [0.717, 1.165) is 38.5 Å². The summed E-state index contributed by atoms with van der Waals surface area (Å²) < 4.78 is 5.74. The molecule has 24 heavy (non-hydrogen) atoms. The van der Waals surface area contributed by atoms with Crippen LogP contribution >= 0.6 is 0 Å². The van der Waals surface area contributed by atoms with Crippen molar-refractivity contribution in [2.45, 2.75) is 86.2 Å². The van der Waals surface area contributed by atoms with E-state index in [0.29, 0.717) is 11.8 Å². The Hall–Kier alpha value is -1.31. The molecule has 136 valence electrons. The maximum absolute atomic E-state index is 11.6. The van der Waals surface area contributed by atoms with Crippen LogP contribution < -0.4 is 0 Å². The SMILES string of the molecule is CC(=O)O[C@H]1/C=C(\C)CC/C=C(\C)CC[C@H]1[C@H](C)CCC=C(C)C. The van der Waals surface area contributed by atoms with Crippen LogP contribution in [0.5, 0.6) is 0 Å².